The molecule has 1 heterocycles. The number of nitriles is 2. The van der Waals surface area contributed by atoms with E-state index in [0.29, 0.717) is 5.69 Å². The Morgan fingerprint density at radius 2 is 1.67 bits per heavy atom. The lowest BCUT2D eigenvalue weighted by Crippen LogP contribution is -1.88. The normalized spacial score (nSPS) is 9.22. The summed E-state index contributed by atoms with van der Waals surface area (Å²) in [7, 11) is 0. The second kappa shape index (κ2) is 4.90. The quantitative estimate of drug-likeness (QED) is 0.619. The molecule has 0 radical (unpaired) electrons. The molecule has 4 heteroatoms. The highest BCUT2D eigenvalue weighted by molar-refractivity contribution is 5.70. The molecule has 4 nitrogen and oxygen atoms in total. The zero-order valence-corrected chi connectivity index (χ0v) is 9.38. The third-order valence-electron chi connectivity index (χ3n) is 2.49. The van der Waals surface area contributed by atoms with Crippen LogP contribution in [0.25, 0.3) is 17.0 Å². The van der Waals surface area contributed by atoms with Gasteiger partial charge >= 0.3 is 0 Å². The number of aromatic amines is 1. The molecule has 2 rings (SSSR count). The van der Waals surface area contributed by atoms with Crippen LogP contribution in [0.4, 0.5) is 0 Å². The Labute approximate surface area is 104 Å². The number of hydrogen-bond donors (Lipinski definition) is 2. The van der Waals surface area contributed by atoms with Gasteiger partial charge in [0.15, 0.2) is 11.3 Å². The second-order valence-electron chi connectivity index (χ2n) is 3.60. The summed E-state index contributed by atoms with van der Waals surface area (Å²) < 4.78 is 0. The number of allylic oxidation sites excluding steroid dienone is 1. The third-order valence-corrected chi connectivity index (χ3v) is 2.49. The summed E-state index contributed by atoms with van der Waals surface area (Å²) in [5.74, 6) is -0.331. The molecule has 0 atom stereocenters. The van der Waals surface area contributed by atoms with E-state index < -0.39 is 0 Å². The molecule has 0 aliphatic rings. The van der Waals surface area contributed by atoms with Crippen molar-refractivity contribution in [3.05, 3.63) is 53.7 Å². The van der Waals surface area contributed by atoms with Crippen molar-refractivity contribution >= 4 is 5.76 Å². The van der Waals surface area contributed by atoms with Gasteiger partial charge in [-0.2, -0.15) is 10.5 Å². The van der Waals surface area contributed by atoms with Crippen molar-refractivity contribution in [2.75, 3.05) is 0 Å². The van der Waals surface area contributed by atoms with Crippen molar-refractivity contribution in [1.82, 2.24) is 4.98 Å². The number of rotatable bonds is 2. The second-order valence-corrected chi connectivity index (χ2v) is 3.60. The number of aromatic nitrogens is 1. The first kappa shape index (κ1) is 11.5. The number of benzene rings is 1. The average Bonchev–Trinajstić information content (AvgIpc) is 2.90. The molecule has 18 heavy (non-hydrogen) atoms. The maximum absolute atomic E-state index is 9.74. The van der Waals surface area contributed by atoms with Gasteiger partial charge in [0.2, 0.25) is 0 Å². The van der Waals surface area contributed by atoms with E-state index in [0.717, 1.165) is 11.3 Å². The number of aliphatic hydroxyl groups excluding tert-OH is 1. The van der Waals surface area contributed by atoms with Crippen molar-refractivity contribution in [3.8, 4) is 23.4 Å². The van der Waals surface area contributed by atoms with Crippen LogP contribution in [0.15, 0.2) is 48.0 Å². The van der Waals surface area contributed by atoms with Crippen molar-refractivity contribution in [1.29, 1.82) is 10.5 Å². The minimum atomic E-state index is -0.331. The van der Waals surface area contributed by atoms with Gasteiger partial charge in [-0.25, -0.2) is 0 Å². The fourth-order valence-electron chi connectivity index (χ4n) is 1.58. The van der Waals surface area contributed by atoms with Crippen LogP contribution in [-0.4, -0.2) is 10.1 Å². The van der Waals surface area contributed by atoms with Crippen LogP contribution in [0.2, 0.25) is 0 Å². The molecule has 0 spiro atoms. The average molecular weight is 235 g/mol. The molecule has 86 valence electrons. The lowest BCUT2D eigenvalue weighted by Gasteiger charge is -1.98. The number of aliphatic hydroxyl groups is 1. The van der Waals surface area contributed by atoms with E-state index in [1.54, 1.807) is 24.3 Å². The molecule has 0 fully saturated rings. The zero-order valence-electron chi connectivity index (χ0n) is 9.38. The van der Waals surface area contributed by atoms with Crippen molar-refractivity contribution in [2.24, 2.45) is 0 Å². The maximum atomic E-state index is 9.74. The standard InChI is InChI=1S/C14H9N3O/c15-8-11(9-16)14(18)13-7-6-12(17-13)10-4-2-1-3-5-10/h1-7,17-18H. The van der Waals surface area contributed by atoms with Gasteiger partial charge in [0.1, 0.15) is 12.1 Å². The van der Waals surface area contributed by atoms with Crippen molar-refractivity contribution in [2.45, 2.75) is 0 Å². The highest BCUT2D eigenvalue weighted by Gasteiger charge is 2.10. The summed E-state index contributed by atoms with van der Waals surface area (Å²) in [4.78, 5) is 2.97. The van der Waals surface area contributed by atoms with Crippen LogP contribution < -0.4 is 0 Å². The lowest BCUT2D eigenvalue weighted by atomic mass is 10.2. The van der Waals surface area contributed by atoms with Crippen LogP contribution >= 0.6 is 0 Å². The summed E-state index contributed by atoms with van der Waals surface area (Å²) >= 11 is 0. The van der Waals surface area contributed by atoms with Gasteiger partial charge in [0, 0.05) is 5.69 Å². The monoisotopic (exact) mass is 235 g/mol. The molecule has 0 aliphatic carbocycles. The lowest BCUT2D eigenvalue weighted by molar-refractivity contribution is 0.507. The van der Waals surface area contributed by atoms with E-state index >= 15 is 0 Å². The van der Waals surface area contributed by atoms with Gasteiger partial charge in [-0.15, -0.1) is 0 Å². The van der Waals surface area contributed by atoms with E-state index in [1.807, 2.05) is 30.3 Å². The van der Waals surface area contributed by atoms with E-state index in [-0.39, 0.29) is 11.3 Å². The first-order chi connectivity index (χ1) is 8.76. The van der Waals surface area contributed by atoms with Gasteiger partial charge in [0.25, 0.3) is 0 Å². The van der Waals surface area contributed by atoms with E-state index in [9.17, 15) is 5.11 Å². The number of hydrogen-bond acceptors (Lipinski definition) is 3. The predicted molar refractivity (Wildman–Crippen MR) is 67.0 cm³/mol. The summed E-state index contributed by atoms with van der Waals surface area (Å²) in [6, 6.07) is 16.3. The topological polar surface area (TPSA) is 83.6 Å². The highest BCUT2D eigenvalue weighted by Crippen LogP contribution is 2.21. The Hall–Kier alpha value is -2.98. The van der Waals surface area contributed by atoms with Gasteiger partial charge in [-0.3, -0.25) is 0 Å². The van der Waals surface area contributed by atoms with Crippen LogP contribution in [0.1, 0.15) is 5.69 Å². The summed E-state index contributed by atoms with van der Waals surface area (Å²) in [5.41, 5.74) is 1.82. The van der Waals surface area contributed by atoms with Crippen molar-refractivity contribution in [3.63, 3.8) is 0 Å². The van der Waals surface area contributed by atoms with Crippen LogP contribution in [0, 0.1) is 22.7 Å². The molecule has 0 amide bonds. The van der Waals surface area contributed by atoms with Crippen molar-refractivity contribution < 1.29 is 5.11 Å². The molecule has 0 bridgehead atoms. The number of H-pyrrole nitrogens is 1. The fraction of sp³-hybridized carbons (Fsp3) is 0. The van der Waals surface area contributed by atoms with E-state index in [1.165, 1.54) is 0 Å². The molecule has 0 saturated heterocycles. The fourth-order valence-corrected chi connectivity index (χ4v) is 1.58. The van der Waals surface area contributed by atoms with Gasteiger partial charge < -0.3 is 10.1 Å². The van der Waals surface area contributed by atoms with Gasteiger partial charge in [-0.05, 0) is 17.7 Å². The highest BCUT2D eigenvalue weighted by atomic mass is 16.3. The van der Waals surface area contributed by atoms with Crippen LogP contribution in [0.5, 0.6) is 0 Å². The van der Waals surface area contributed by atoms with E-state index in [2.05, 4.69) is 4.98 Å². The predicted octanol–water partition coefficient (Wildman–Crippen LogP) is 3.00. The minimum absolute atomic E-state index is 0.309. The van der Waals surface area contributed by atoms with Crippen LogP contribution in [-0.2, 0) is 0 Å². The van der Waals surface area contributed by atoms with Gasteiger partial charge in [-0.1, -0.05) is 30.3 Å². The molecule has 1 aromatic heterocycles. The van der Waals surface area contributed by atoms with Crippen LogP contribution in [0.3, 0.4) is 0 Å². The molecule has 2 aromatic rings. The molecule has 0 saturated carbocycles. The number of nitrogens with one attached hydrogen (secondary N) is 1. The molecule has 0 unspecified atom stereocenters. The number of nitrogens with zero attached hydrogens (tertiary/aromatic N) is 2. The Morgan fingerprint density at radius 3 is 2.28 bits per heavy atom. The molecule has 0 aliphatic heterocycles. The Kier molecular flexibility index (Phi) is 3.13. The minimum Gasteiger partial charge on any atom is -0.504 e. The molecular weight excluding hydrogens is 226 g/mol. The Morgan fingerprint density at radius 1 is 1.00 bits per heavy atom. The van der Waals surface area contributed by atoms with Gasteiger partial charge in [0.05, 0.1) is 5.69 Å². The Balaban J connectivity index is 2.42. The maximum Gasteiger partial charge on any atom is 0.173 e. The SMILES string of the molecule is N#CC(C#N)=C(O)c1ccc(-c2ccccc2)[nH]1. The largest absolute Gasteiger partial charge is 0.504 e. The summed E-state index contributed by atoms with van der Waals surface area (Å²) in [5, 5.41) is 27.1. The summed E-state index contributed by atoms with van der Waals surface area (Å²) in [6.45, 7) is 0. The molecule has 1 aromatic carbocycles. The first-order valence-corrected chi connectivity index (χ1v) is 5.24. The third kappa shape index (κ3) is 2.09. The summed E-state index contributed by atoms with van der Waals surface area (Å²) in [6.07, 6.45) is 0. The molecular formula is C14H9N3O. The Bertz CT molecular complexity index is 653. The smallest absolute Gasteiger partial charge is 0.173 e. The van der Waals surface area contributed by atoms with E-state index in [4.69, 9.17) is 10.5 Å². The molecule has 2 N–H and O–H groups in total. The zero-order chi connectivity index (χ0) is 13.0. The first-order valence-electron chi connectivity index (χ1n) is 5.24.